The van der Waals surface area contributed by atoms with Crippen molar-refractivity contribution >= 4 is 23.1 Å². The van der Waals surface area contributed by atoms with Gasteiger partial charge in [-0.3, -0.25) is 9.59 Å². The Bertz CT molecular complexity index is 1140. The monoisotopic (exact) mass is 462 g/mol. The van der Waals surface area contributed by atoms with Gasteiger partial charge in [-0.1, -0.05) is 26.0 Å². The van der Waals surface area contributed by atoms with Crippen molar-refractivity contribution in [2.24, 2.45) is 5.41 Å². The lowest BCUT2D eigenvalue weighted by Crippen LogP contribution is -2.41. The van der Waals surface area contributed by atoms with Crippen LogP contribution >= 0.6 is 0 Å². The zero-order valence-corrected chi connectivity index (χ0v) is 20.6. The van der Waals surface area contributed by atoms with Crippen molar-refractivity contribution in [1.29, 1.82) is 5.26 Å². The van der Waals surface area contributed by atoms with Gasteiger partial charge in [-0.25, -0.2) is 4.98 Å². The third kappa shape index (κ3) is 6.33. The van der Waals surface area contributed by atoms with E-state index < -0.39 is 0 Å². The minimum Gasteiger partial charge on any atom is -0.355 e. The molecule has 0 fully saturated rings. The van der Waals surface area contributed by atoms with Gasteiger partial charge in [0.15, 0.2) is 11.5 Å². The zero-order valence-electron chi connectivity index (χ0n) is 20.6. The molecule has 1 aliphatic carbocycles. The molecule has 0 unspecified atom stereocenters. The van der Waals surface area contributed by atoms with E-state index in [1.54, 1.807) is 0 Å². The number of carbonyl (C=O) groups excluding carboxylic acids is 2. The van der Waals surface area contributed by atoms with E-state index in [0.717, 1.165) is 30.4 Å². The van der Waals surface area contributed by atoms with Crippen LogP contribution in [0.2, 0.25) is 0 Å². The number of nitrogens with zero attached hydrogens (tertiary/aromatic N) is 2. The number of hydrogen-bond acceptors (Lipinski definition) is 5. The molecular formula is C26H34N6O2. The smallest absolute Gasteiger partial charge is 0.291 e. The number of nitriles is 1. The van der Waals surface area contributed by atoms with Crippen LogP contribution in [0.25, 0.3) is 5.57 Å². The van der Waals surface area contributed by atoms with Crippen molar-refractivity contribution in [3.05, 3.63) is 53.1 Å². The Morgan fingerprint density at radius 2 is 2.03 bits per heavy atom. The molecule has 0 spiro atoms. The van der Waals surface area contributed by atoms with Crippen molar-refractivity contribution < 1.29 is 9.59 Å². The lowest BCUT2D eigenvalue weighted by Gasteiger charge is -2.31. The number of aromatic nitrogens is 2. The summed E-state index contributed by atoms with van der Waals surface area (Å²) >= 11 is 0. The summed E-state index contributed by atoms with van der Waals surface area (Å²) in [4.78, 5) is 30.7. The third-order valence-corrected chi connectivity index (χ3v) is 6.28. The molecule has 0 saturated heterocycles. The minimum atomic E-state index is -0.389. The quantitative estimate of drug-likeness (QED) is 0.440. The Hall–Kier alpha value is -3.44. The standard InChI is InChI=1S/C26H34N6O2/c1-17(33)28-12-13-30-26(4,5)19-6-7-22(32-24(34)23-29-16-20(15-27)31-23)21(14-19)18-8-10-25(2,3)11-9-18/h6-8,14,16,30H,9-13H2,1-5H3,(H,28,33)(H,29,31)(H,32,34). The van der Waals surface area contributed by atoms with Crippen LogP contribution in [0.15, 0.2) is 30.5 Å². The molecule has 4 N–H and O–H groups in total. The van der Waals surface area contributed by atoms with Crippen LogP contribution in [0.3, 0.4) is 0 Å². The number of benzene rings is 1. The summed E-state index contributed by atoms with van der Waals surface area (Å²) in [6.45, 7) is 11.4. The van der Waals surface area contributed by atoms with E-state index >= 15 is 0 Å². The van der Waals surface area contributed by atoms with E-state index in [9.17, 15) is 9.59 Å². The predicted octanol–water partition coefficient (Wildman–Crippen LogP) is 4.09. The van der Waals surface area contributed by atoms with Gasteiger partial charge >= 0.3 is 0 Å². The zero-order chi connectivity index (χ0) is 24.9. The summed E-state index contributed by atoms with van der Waals surface area (Å²) in [5.74, 6) is -0.335. The maximum absolute atomic E-state index is 12.8. The van der Waals surface area contributed by atoms with Crippen molar-refractivity contribution in [1.82, 2.24) is 20.6 Å². The van der Waals surface area contributed by atoms with Crippen molar-refractivity contribution in [3.63, 3.8) is 0 Å². The lowest BCUT2D eigenvalue weighted by molar-refractivity contribution is -0.118. The van der Waals surface area contributed by atoms with Gasteiger partial charge in [0.1, 0.15) is 6.07 Å². The van der Waals surface area contributed by atoms with Gasteiger partial charge in [0, 0.05) is 43.0 Å². The fourth-order valence-electron chi connectivity index (χ4n) is 4.02. The van der Waals surface area contributed by atoms with Gasteiger partial charge < -0.3 is 20.9 Å². The molecule has 34 heavy (non-hydrogen) atoms. The Kier molecular flexibility index (Phi) is 7.57. The van der Waals surface area contributed by atoms with Crippen molar-refractivity contribution in [2.45, 2.75) is 59.4 Å². The number of H-pyrrole nitrogens is 1. The Balaban J connectivity index is 1.89. The largest absolute Gasteiger partial charge is 0.355 e. The average Bonchev–Trinajstić information content (AvgIpc) is 3.26. The number of allylic oxidation sites excluding steroid dienone is 2. The van der Waals surface area contributed by atoms with E-state index in [2.05, 4.69) is 65.8 Å². The van der Waals surface area contributed by atoms with E-state index in [4.69, 9.17) is 5.26 Å². The molecule has 3 rings (SSSR count). The molecular weight excluding hydrogens is 428 g/mol. The van der Waals surface area contributed by atoms with E-state index in [1.807, 2.05) is 18.2 Å². The first-order valence-electron chi connectivity index (χ1n) is 11.6. The van der Waals surface area contributed by atoms with Gasteiger partial charge in [-0.2, -0.15) is 5.26 Å². The highest BCUT2D eigenvalue weighted by atomic mass is 16.2. The Labute approximate surface area is 201 Å². The number of carbonyl (C=O) groups is 2. The molecule has 1 aromatic heterocycles. The first-order chi connectivity index (χ1) is 16.0. The SMILES string of the molecule is CC(=O)NCCNC(C)(C)c1ccc(NC(=O)c2nc(C#N)c[nH]2)c(C2=CCC(C)(C)CC2)c1. The number of rotatable bonds is 8. The molecule has 0 radical (unpaired) electrons. The first-order valence-corrected chi connectivity index (χ1v) is 11.6. The summed E-state index contributed by atoms with van der Waals surface area (Å²) in [6, 6.07) is 7.99. The van der Waals surface area contributed by atoms with Crippen LogP contribution in [-0.4, -0.2) is 34.9 Å². The maximum atomic E-state index is 12.8. The minimum absolute atomic E-state index is 0.0485. The first kappa shape index (κ1) is 25.2. The molecule has 0 aliphatic heterocycles. The second kappa shape index (κ2) is 10.2. The molecule has 1 aliphatic rings. The fraction of sp³-hybridized carbons (Fsp3) is 0.462. The summed E-state index contributed by atoms with van der Waals surface area (Å²) in [5.41, 5.74) is 4.09. The Morgan fingerprint density at radius 1 is 1.26 bits per heavy atom. The molecule has 180 valence electrons. The molecule has 2 amide bonds. The van der Waals surface area contributed by atoms with E-state index in [0.29, 0.717) is 18.8 Å². The van der Waals surface area contributed by atoms with Gasteiger partial charge in [0.25, 0.3) is 5.91 Å². The van der Waals surface area contributed by atoms with Gasteiger partial charge in [-0.05, 0) is 61.8 Å². The normalized spacial score (nSPS) is 15.2. The molecule has 0 bridgehead atoms. The van der Waals surface area contributed by atoms with Gasteiger partial charge in [0.05, 0.1) is 0 Å². The predicted molar refractivity (Wildman–Crippen MR) is 133 cm³/mol. The van der Waals surface area contributed by atoms with Gasteiger partial charge in [-0.15, -0.1) is 0 Å². The molecule has 2 aromatic rings. The summed E-state index contributed by atoms with van der Waals surface area (Å²) in [7, 11) is 0. The number of imidazole rings is 1. The fourth-order valence-corrected chi connectivity index (χ4v) is 4.02. The van der Waals surface area contributed by atoms with Crippen LogP contribution in [0.4, 0.5) is 5.69 Å². The summed E-state index contributed by atoms with van der Waals surface area (Å²) in [6.07, 6.45) is 6.66. The topological polar surface area (TPSA) is 123 Å². The van der Waals surface area contributed by atoms with Gasteiger partial charge in [0.2, 0.25) is 5.91 Å². The summed E-state index contributed by atoms with van der Waals surface area (Å²) in [5, 5.41) is 18.3. The van der Waals surface area contributed by atoms with Crippen molar-refractivity contribution in [3.8, 4) is 6.07 Å². The van der Waals surface area contributed by atoms with Crippen LogP contribution < -0.4 is 16.0 Å². The highest BCUT2D eigenvalue weighted by Crippen LogP contribution is 2.41. The van der Waals surface area contributed by atoms with Crippen LogP contribution in [0.5, 0.6) is 0 Å². The highest BCUT2D eigenvalue weighted by Gasteiger charge is 2.26. The van der Waals surface area contributed by atoms with Crippen LogP contribution in [0, 0.1) is 16.7 Å². The number of hydrogen-bond donors (Lipinski definition) is 4. The number of aromatic amines is 1. The van der Waals surface area contributed by atoms with Crippen molar-refractivity contribution in [2.75, 3.05) is 18.4 Å². The molecule has 1 aromatic carbocycles. The second-order valence-electron chi connectivity index (χ2n) is 10.1. The van der Waals surface area contributed by atoms with Crippen LogP contribution in [-0.2, 0) is 10.3 Å². The van der Waals surface area contributed by atoms with E-state index in [1.165, 1.54) is 18.7 Å². The summed E-state index contributed by atoms with van der Waals surface area (Å²) < 4.78 is 0. The molecule has 0 saturated carbocycles. The number of amides is 2. The number of anilines is 1. The lowest BCUT2D eigenvalue weighted by atomic mass is 9.76. The third-order valence-electron chi connectivity index (χ3n) is 6.28. The molecule has 1 heterocycles. The average molecular weight is 463 g/mol. The van der Waals surface area contributed by atoms with E-state index in [-0.39, 0.29) is 34.3 Å². The second-order valence-corrected chi connectivity index (χ2v) is 10.1. The molecule has 0 atom stereocenters. The Morgan fingerprint density at radius 3 is 2.65 bits per heavy atom. The van der Waals surface area contributed by atoms with Crippen LogP contribution in [0.1, 0.15) is 81.3 Å². The molecule has 8 nitrogen and oxygen atoms in total. The molecule has 8 heteroatoms. The highest BCUT2D eigenvalue weighted by molar-refractivity contribution is 6.03. The number of nitrogens with one attached hydrogen (secondary N) is 4. The maximum Gasteiger partial charge on any atom is 0.291 e.